The van der Waals surface area contributed by atoms with Gasteiger partial charge >= 0.3 is 0 Å². The Bertz CT molecular complexity index is 548. The van der Waals surface area contributed by atoms with Gasteiger partial charge in [0.1, 0.15) is 0 Å². The molecule has 2 aromatic rings. The molecule has 0 heterocycles. The number of methoxy groups -OCH3 is 4. The van der Waals surface area contributed by atoms with Crippen LogP contribution in [0.3, 0.4) is 0 Å². The Kier molecular flexibility index (Phi) is 8.70. The minimum atomic E-state index is -0.468. The summed E-state index contributed by atoms with van der Waals surface area (Å²) in [5.74, 6) is 0. The molecule has 0 aliphatic rings. The predicted molar refractivity (Wildman–Crippen MR) is 100 cm³/mol. The average Bonchev–Trinajstić information content (AvgIpc) is 2.71. The van der Waals surface area contributed by atoms with Crippen LogP contribution in [-0.2, 0) is 18.9 Å². The Morgan fingerprint density at radius 2 is 0.846 bits per heavy atom. The lowest BCUT2D eigenvalue weighted by molar-refractivity contribution is -0.141. The molecule has 0 aliphatic carbocycles. The molecule has 2 atom stereocenters. The van der Waals surface area contributed by atoms with E-state index in [4.69, 9.17) is 18.9 Å². The van der Waals surface area contributed by atoms with Crippen LogP contribution in [0.25, 0.3) is 0 Å². The van der Waals surface area contributed by atoms with Crippen molar-refractivity contribution >= 4 is 0 Å². The Morgan fingerprint density at radius 1 is 0.538 bits per heavy atom. The van der Waals surface area contributed by atoms with Gasteiger partial charge in [0.25, 0.3) is 0 Å². The van der Waals surface area contributed by atoms with Gasteiger partial charge in [0.2, 0.25) is 0 Å². The zero-order chi connectivity index (χ0) is 18.8. The minimum Gasteiger partial charge on any atom is -0.354 e. The Hall–Kier alpha value is -1.80. The molecule has 26 heavy (non-hydrogen) atoms. The summed E-state index contributed by atoms with van der Waals surface area (Å²) in [5, 5.41) is 0. The molecular weight excluding hydrogens is 332 g/mol. The van der Waals surface area contributed by atoms with E-state index in [1.807, 2.05) is 60.7 Å². The van der Waals surface area contributed by atoms with Gasteiger partial charge in [-0.25, -0.2) is 10.9 Å². The summed E-state index contributed by atoms with van der Waals surface area (Å²) in [6, 6.07) is 19.5. The third-order valence-electron chi connectivity index (χ3n) is 4.19. The first-order valence-corrected chi connectivity index (χ1v) is 8.47. The molecule has 6 nitrogen and oxygen atoms in total. The van der Waals surface area contributed by atoms with E-state index >= 15 is 0 Å². The Morgan fingerprint density at radius 3 is 1.12 bits per heavy atom. The molecule has 0 amide bonds. The molecule has 0 saturated heterocycles. The third-order valence-corrected chi connectivity index (χ3v) is 4.19. The molecule has 0 radical (unpaired) electrons. The van der Waals surface area contributed by atoms with E-state index in [9.17, 15) is 0 Å². The standard InChI is InChI=1S/C20H28N2O4/c1-23-19(24-2)17(15-11-7-5-8-12-15)21-22-18(20(25-3)26-4)16-13-9-6-10-14-16/h5-14,17-22H,1-4H3/t17-,18+. The van der Waals surface area contributed by atoms with Crippen LogP contribution in [0.2, 0.25) is 0 Å². The molecule has 0 fully saturated rings. The van der Waals surface area contributed by atoms with Crippen molar-refractivity contribution in [1.82, 2.24) is 10.9 Å². The van der Waals surface area contributed by atoms with Crippen LogP contribution < -0.4 is 10.9 Å². The molecule has 2 aromatic carbocycles. The maximum Gasteiger partial charge on any atom is 0.177 e. The lowest BCUT2D eigenvalue weighted by atomic mass is 10.1. The van der Waals surface area contributed by atoms with Crippen LogP contribution in [0.15, 0.2) is 60.7 Å². The fourth-order valence-corrected chi connectivity index (χ4v) is 2.85. The van der Waals surface area contributed by atoms with Gasteiger partial charge in [0.05, 0.1) is 12.1 Å². The van der Waals surface area contributed by atoms with Gasteiger partial charge < -0.3 is 18.9 Å². The predicted octanol–water partition coefficient (Wildman–Crippen LogP) is 2.80. The highest BCUT2D eigenvalue weighted by atomic mass is 16.7. The molecule has 0 unspecified atom stereocenters. The smallest absolute Gasteiger partial charge is 0.177 e. The highest BCUT2D eigenvalue weighted by molar-refractivity contribution is 5.21. The van der Waals surface area contributed by atoms with Crippen molar-refractivity contribution in [1.29, 1.82) is 0 Å². The van der Waals surface area contributed by atoms with E-state index in [1.54, 1.807) is 28.4 Å². The number of nitrogens with one attached hydrogen (secondary N) is 2. The van der Waals surface area contributed by atoms with Crippen molar-refractivity contribution in [2.75, 3.05) is 28.4 Å². The van der Waals surface area contributed by atoms with E-state index in [0.29, 0.717) is 0 Å². The topological polar surface area (TPSA) is 61.0 Å². The van der Waals surface area contributed by atoms with Gasteiger partial charge in [-0.3, -0.25) is 0 Å². The summed E-state index contributed by atoms with van der Waals surface area (Å²) >= 11 is 0. The second-order valence-corrected chi connectivity index (χ2v) is 5.74. The largest absolute Gasteiger partial charge is 0.354 e. The molecule has 0 aromatic heterocycles. The monoisotopic (exact) mass is 360 g/mol. The van der Waals surface area contributed by atoms with E-state index in [1.165, 1.54) is 0 Å². The summed E-state index contributed by atoms with van der Waals surface area (Å²) < 4.78 is 21.9. The quantitative estimate of drug-likeness (QED) is 0.475. The molecule has 2 rings (SSSR count). The number of ether oxygens (including phenoxy) is 4. The molecule has 142 valence electrons. The maximum absolute atomic E-state index is 5.48. The van der Waals surface area contributed by atoms with Crippen LogP contribution in [0.1, 0.15) is 23.2 Å². The first-order chi connectivity index (χ1) is 12.7. The third kappa shape index (κ3) is 5.35. The second kappa shape index (κ2) is 11.0. The van der Waals surface area contributed by atoms with Gasteiger partial charge in [0, 0.05) is 28.4 Å². The number of hydrazine groups is 1. The molecule has 0 spiro atoms. The van der Waals surface area contributed by atoms with Crippen molar-refractivity contribution in [2.24, 2.45) is 0 Å². The van der Waals surface area contributed by atoms with E-state index < -0.39 is 12.6 Å². The van der Waals surface area contributed by atoms with E-state index in [-0.39, 0.29) is 12.1 Å². The molecular formula is C20H28N2O4. The van der Waals surface area contributed by atoms with Crippen molar-refractivity contribution in [3.8, 4) is 0 Å². The highest BCUT2D eigenvalue weighted by Gasteiger charge is 2.27. The highest BCUT2D eigenvalue weighted by Crippen LogP contribution is 2.22. The summed E-state index contributed by atoms with van der Waals surface area (Å²) in [6.07, 6.45) is -0.935. The number of benzene rings is 2. The summed E-state index contributed by atoms with van der Waals surface area (Å²) in [5.41, 5.74) is 8.72. The van der Waals surface area contributed by atoms with Crippen molar-refractivity contribution < 1.29 is 18.9 Å². The molecule has 6 heteroatoms. The summed E-state index contributed by atoms with van der Waals surface area (Å²) in [7, 11) is 6.47. The number of hydrogen-bond acceptors (Lipinski definition) is 6. The van der Waals surface area contributed by atoms with E-state index in [0.717, 1.165) is 11.1 Å². The van der Waals surface area contributed by atoms with Gasteiger partial charge in [-0.1, -0.05) is 60.7 Å². The average molecular weight is 360 g/mol. The van der Waals surface area contributed by atoms with Crippen LogP contribution in [0, 0.1) is 0 Å². The van der Waals surface area contributed by atoms with Gasteiger partial charge in [-0.15, -0.1) is 0 Å². The summed E-state index contributed by atoms with van der Waals surface area (Å²) in [6.45, 7) is 0. The molecule has 2 N–H and O–H groups in total. The summed E-state index contributed by atoms with van der Waals surface area (Å²) in [4.78, 5) is 0. The molecule has 0 aliphatic heterocycles. The minimum absolute atomic E-state index is 0.230. The van der Waals surface area contributed by atoms with Crippen molar-refractivity contribution in [3.63, 3.8) is 0 Å². The molecule has 0 bridgehead atoms. The van der Waals surface area contributed by atoms with E-state index in [2.05, 4.69) is 10.9 Å². The first kappa shape index (κ1) is 20.5. The SMILES string of the molecule is COC(OC)[C@H](NN[C@@H](c1ccccc1)C(OC)OC)c1ccccc1. The number of hydrogen-bond donors (Lipinski definition) is 2. The van der Waals surface area contributed by atoms with Crippen LogP contribution in [-0.4, -0.2) is 41.0 Å². The Balaban J connectivity index is 2.22. The second-order valence-electron chi connectivity index (χ2n) is 5.74. The zero-order valence-corrected chi connectivity index (χ0v) is 15.7. The first-order valence-electron chi connectivity index (χ1n) is 8.47. The maximum atomic E-state index is 5.48. The Labute approximate surface area is 155 Å². The lowest BCUT2D eigenvalue weighted by Gasteiger charge is -2.31. The normalized spacial score (nSPS) is 13.9. The lowest BCUT2D eigenvalue weighted by Crippen LogP contribution is -2.47. The van der Waals surface area contributed by atoms with Crippen molar-refractivity contribution in [2.45, 2.75) is 24.7 Å². The van der Waals surface area contributed by atoms with Crippen LogP contribution >= 0.6 is 0 Å². The van der Waals surface area contributed by atoms with Crippen LogP contribution in [0.4, 0.5) is 0 Å². The number of rotatable bonds is 11. The van der Waals surface area contributed by atoms with Gasteiger partial charge in [0.15, 0.2) is 12.6 Å². The van der Waals surface area contributed by atoms with Gasteiger partial charge in [-0.2, -0.15) is 0 Å². The zero-order valence-electron chi connectivity index (χ0n) is 15.7. The molecule has 0 saturated carbocycles. The van der Waals surface area contributed by atoms with Crippen molar-refractivity contribution in [3.05, 3.63) is 71.8 Å². The fourth-order valence-electron chi connectivity index (χ4n) is 2.85. The van der Waals surface area contributed by atoms with Gasteiger partial charge in [-0.05, 0) is 11.1 Å². The fraction of sp³-hybridized carbons (Fsp3) is 0.400. The van der Waals surface area contributed by atoms with Crippen LogP contribution in [0.5, 0.6) is 0 Å².